The summed E-state index contributed by atoms with van der Waals surface area (Å²) in [4.78, 5) is 45.9. The Bertz CT molecular complexity index is 1310. The molecule has 3 atom stereocenters. The van der Waals surface area contributed by atoms with Crippen LogP contribution in [0.3, 0.4) is 0 Å². The van der Waals surface area contributed by atoms with Crippen LogP contribution in [0.15, 0.2) is 97.2 Å². The summed E-state index contributed by atoms with van der Waals surface area (Å²) < 4.78 is 32.6. The lowest BCUT2D eigenvalue weighted by atomic mass is 10.1. The minimum atomic E-state index is -4.74. The molecule has 56 heavy (non-hydrogen) atoms. The van der Waals surface area contributed by atoms with Crippen LogP contribution in [0.1, 0.15) is 129 Å². The molecular formula is C44H70NO10P. The Morgan fingerprint density at radius 3 is 1.46 bits per heavy atom. The summed E-state index contributed by atoms with van der Waals surface area (Å²) in [5.41, 5.74) is 5.32. The maximum Gasteiger partial charge on any atom is 0.472 e. The number of ether oxygens (including phenoxy) is 2. The predicted octanol–water partition coefficient (Wildman–Crippen LogP) is 10.5. The average molecular weight is 804 g/mol. The van der Waals surface area contributed by atoms with Crippen LogP contribution in [-0.2, 0) is 37.5 Å². The second-order valence-electron chi connectivity index (χ2n) is 13.0. The third kappa shape index (κ3) is 37.3. The monoisotopic (exact) mass is 803 g/mol. The van der Waals surface area contributed by atoms with Crippen molar-refractivity contribution in [2.24, 2.45) is 5.73 Å². The van der Waals surface area contributed by atoms with Crippen LogP contribution < -0.4 is 5.73 Å². The Kier molecular flexibility index (Phi) is 35.8. The van der Waals surface area contributed by atoms with Crippen LogP contribution in [0, 0.1) is 0 Å². The van der Waals surface area contributed by atoms with Gasteiger partial charge in [0.05, 0.1) is 13.2 Å². The van der Waals surface area contributed by atoms with E-state index in [-0.39, 0.29) is 19.4 Å². The molecule has 0 aliphatic heterocycles. The molecule has 11 nitrogen and oxygen atoms in total. The molecule has 0 spiro atoms. The molecule has 0 heterocycles. The smallest absolute Gasteiger partial charge is 0.472 e. The number of hydrogen-bond donors (Lipinski definition) is 3. The standard InChI is InChI=1S/C44H70NO10P/c1-3-5-7-9-11-13-15-17-19-20-22-24-26-28-30-32-34-36-43(47)55-40(38-53-56(50,51)54-39-41(45)44(48)49)37-52-42(46)35-33-31-29-27-25-23-21-18-16-14-12-10-8-6-4-2/h5-8,11-14,17-19,21-22,24,28,30,40-41H,3-4,9-10,15-16,20,23,25-27,29,31-39,45H2,1-2H3,(H,48,49)(H,50,51)/b7-5-,8-6-,13-11-,14-12-,19-17-,21-18-,24-22-,30-28-/t40-,41+/m1/s1. The number of nitrogens with two attached hydrogens (primary N) is 1. The number of esters is 2. The normalized spacial score (nSPS) is 14.8. The van der Waals surface area contributed by atoms with Crippen LogP contribution in [0.25, 0.3) is 0 Å². The first-order chi connectivity index (χ1) is 27.1. The van der Waals surface area contributed by atoms with E-state index in [9.17, 15) is 23.8 Å². The van der Waals surface area contributed by atoms with E-state index in [1.165, 1.54) is 0 Å². The molecule has 0 amide bonds. The zero-order valence-corrected chi connectivity index (χ0v) is 34.8. The van der Waals surface area contributed by atoms with Crippen LogP contribution in [0.5, 0.6) is 0 Å². The lowest BCUT2D eigenvalue weighted by Gasteiger charge is -2.20. The first-order valence-electron chi connectivity index (χ1n) is 20.3. The van der Waals surface area contributed by atoms with Gasteiger partial charge in [-0.2, -0.15) is 0 Å². The number of hydrogen-bond acceptors (Lipinski definition) is 9. The molecule has 0 saturated heterocycles. The number of carboxylic acids is 1. The summed E-state index contributed by atoms with van der Waals surface area (Å²) in [5.74, 6) is -2.49. The SMILES string of the molecule is CC/C=C\C/C=C\C/C=C\C/C=C\C/C=C\CCCC(=O)O[C@H](COC(=O)CCCCCCC/C=C\C/C=C\C/C=C\CC)COP(=O)(O)OC[C@H](N)C(=O)O. The lowest BCUT2D eigenvalue weighted by molar-refractivity contribution is -0.161. The average Bonchev–Trinajstić information content (AvgIpc) is 3.17. The van der Waals surface area contributed by atoms with Gasteiger partial charge in [0.25, 0.3) is 0 Å². The van der Waals surface area contributed by atoms with Crippen LogP contribution in [-0.4, -0.2) is 59.9 Å². The van der Waals surface area contributed by atoms with Crippen molar-refractivity contribution in [3.8, 4) is 0 Å². The number of carbonyl (C=O) groups is 3. The van der Waals surface area contributed by atoms with Crippen molar-refractivity contribution >= 4 is 25.7 Å². The molecule has 4 N–H and O–H groups in total. The van der Waals surface area contributed by atoms with Crippen molar-refractivity contribution in [3.63, 3.8) is 0 Å². The summed E-state index contributed by atoms with van der Waals surface area (Å²) >= 11 is 0. The molecule has 316 valence electrons. The Morgan fingerprint density at radius 2 is 0.964 bits per heavy atom. The van der Waals surface area contributed by atoms with E-state index >= 15 is 0 Å². The highest BCUT2D eigenvalue weighted by atomic mass is 31.2. The number of aliphatic carboxylic acids is 1. The van der Waals surface area contributed by atoms with Crippen molar-refractivity contribution in [1.29, 1.82) is 0 Å². The largest absolute Gasteiger partial charge is 0.480 e. The molecule has 0 aromatic carbocycles. The molecular weight excluding hydrogens is 733 g/mol. The van der Waals surface area contributed by atoms with Crippen molar-refractivity contribution < 1.29 is 47.5 Å². The molecule has 0 bridgehead atoms. The molecule has 0 aromatic heterocycles. The molecule has 12 heteroatoms. The predicted molar refractivity (Wildman–Crippen MR) is 226 cm³/mol. The van der Waals surface area contributed by atoms with Gasteiger partial charge in [-0.3, -0.25) is 23.4 Å². The summed E-state index contributed by atoms with van der Waals surface area (Å²) in [7, 11) is -4.74. The van der Waals surface area contributed by atoms with E-state index in [1.807, 2.05) is 12.2 Å². The first kappa shape index (κ1) is 52.4. The van der Waals surface area contributed by atoms with Gasteiger partial charge in [0.15, 0.2) is 6.10 Å². The van der Waals surface area contributed by atoms with Crippen molar-refractivity contribution in [2.45, 2.75) is 142 Å². The van der Waals surface area contributed by atoms with E-state index in [4.69, 9.17) is 24.8 Å². The van der Waals surface area contributed by atoms with Gasteiger partial charge in [0.1, 0.15) is 12.6 Å². The summed E-state index contributed by atoms with van der Waals surface area (Å²) in [6.07, 6.45) is 47.7. The molecule has 0 rings (SSSR count). The first-order valence-corrected chi connectivity index (χ1v) is 21.8. The molecule has 0 saturated carbocycles. The van der Waals surface area contributed by atoms with Gasteiger partial charge in [-0.15, -0.1) is 0 Å². The van der Waals surface area contributed by atoms with Gasteiger partial charge < -0.3 is 25.2 Å². The molecule has 0 aliphatic rings. The van der Waals surface area contributed by atoms with E-state index in [0.29, 0.717) is 19.3 Å². The summed E-state index contributed by atoms with van der Waals surface area (Å²) in [6, 6.07) is -1.54. The number of carbonyl (C=O) groups excluding carboxylic acids is 2. The van der Waals surface area contributed by atoms with Gasteiger partial charge in [0, 0.05) is 12.8 Å². The van der Waals surface area contributed by atoms with Crippen molar-refractivity contribution in [2.75, 3.05) is 19.8 Å². The highest BCUT2D eigenvalue weighted by molar-refractivity contribution is 7.47. The van der Waals surface area contributed by atoms with Gasteiger partial charge in [-0.25, -0.2) is 4.57 Å². The molecule has 0 aromatic rings. The maximum atomic E-state index is 12.6. The lowest BCUT2D eigenvalue weighted by Crippen LogP contribution is -2.34. The zero-order valence-electron chi connectivity index (χ0n) is 33.9. The number of phosphoric acid groups is 1. The second-order valence-corrected chi connectivity index (χ2v) is 14.5. The van der Waals surface area contributed by atoms with Crippen molar-refractivity contribution in [3.05, 3.63) is 97.2 Å². The molecule has 1 unspecified atom stereocenters. The van der Waals surface area contributed by atoms with E-state index in [2.05, 4.69) is 103 Å². The van der Waals surface area contributed by atoms with Crippen LogP contribution >= 0.6 is 7.82 Å². The van der Waals surface area contributed by atoms with Crippen molar-refractivity contribution in [1.82, 2.24) is 0 Å². The Hall–Kier alpha value is -3.60. The number of phosphoric ester groups is 1. The van der Waals surface area contributed by atoms with Gasteiger partial charge in [-0.1, -0.05) is 130 Å². The Labute approximate surface area is 336 Å². The number of carboxylic acid groups (broad SMARTS) is 1. The molecule has 0 fully saturated rings. The minimum Gasteiger partial charge on any atom is -0.480 e. The third-order valence-electron chi connectivity index (χ3n) is 7.83. The topological polar surface area (TPSA) is 172 Å². The van der Waals surface area contributed by atoms with Gasteiger partial charge in [-0.05, 0) is 83.5 Å². The van der Waals surface area contributed by atoms with E-state index < -0.39 is 51.1 Å². The summed E-state index contributed by atoms with van der Waals surface area (Å²) in [5, 5.41) is 8.88. The fourth-order valence-electron chi connectivity index (χ4n) is 4.70. The van der Waals surface area contributed by atoms with Gasteiger partial charge >= 0.3 is 25.7 Å². The maximum absolute atomic E-state index is 12.6. The Balaban J connectivity index is 4.56. The quantitative estimate of drug-likeness (QED) is 0.0238. The second kappa shape index (κ2) is 38.3. The van der Waals surface area contributed by atoms with E-state index in [0.717, 1.165) is 83.5 Å². The minimum absolute atomic E-state index is 0.0727. The number of allylic oxidation sites excluding steroid dienone is 16. The molecule has 0 radical (unpaired) electrons. The highest BCUT2D eigenvalue weighted by Crippen LogP contribution is 2.43. The van der Waals surface area contributed by atoms with Crippen LogP contribution in [0.4, 0.5) is 0 Å². The highest BCUT2D eigenvalue weighted by Gasteiger charge is 2.28. The Morgan fingerprint density at radius 1 is 0.554 bits per heavy atom. The fourth-order valence-corrected chi connectivity index (χ4v) is 5.48. The number of rotatable bonds is 36. The zero-order chi connectivity index (χ0) is 41.4. The summed E-state index contributed by atoms with van der Waals surface area (Å²) in [6.45, 7) is 2.47. The van der Waals surface area contributed by atoms with Gasteiger partial charge in [0.2, 0.25) is 0 Å². The third-order valence-corrected chi connectivity index (χ3v) is 8.78. The number of unbranched alkanes of at least 4 members (excludes halogenated alkanes) is 6. The van der Waals surface area contributed by atoms with E-state index in [1.54, 1.807) is 0 Å². The fraction of sp³-hybridized carbons (Fsp3) is 0.568. The molecule has 0 aliphatic carbocycles. The van der Waals surface area contributed by atoms with Crippen LogP contribution in [0.2, 0.25) is 0 Å².